The van der Waals surface area contributed by atoms with E-state index in [0.29, 0.717) is 20.1 Å². The van der Waals surface area contributed by atoms with Gasteiger partial charge in [-0.05, 0) is 52.3 Å². The molecule has 0 atom stereocenters. The fourth-order valence-corrected chi connectivity index (χ4v) is 4.24. The molecule has 0 amide bonds. The fraction of sp³-hybridized carbons (Fsp3) is 0.0667. The van der Waals surface area contributed by atoms with Crippen molar-refractivity contribution in [3.05, 3.63) is 50.9 Å². The van der Waals surface area contributed by atoms with Gasteiger partial charge < -0.3 is 10.8 Å². The van der Waals surface area contributed by atoms with Gasteiger partial charge in [0.25, 0.3) is 10.0 Å². The zero-order valence-electron chi connectivity index (χ0n) is 13.2. The van der Waals surface area contributed by atoms with Crippen molar-refractivity contribution >= 4 is 59.6 Å². The van der Waals surface area contributed by atoms with Crippen LogP contribution >= 0.6 is 31.9 Å². The minimum absolute atomic E-state index is 0.0409. The summed E-state index contributed by atoms with van der Waals surface area (Å²) in [6.07, 6.45) is 1.46. The number of amidine groups is 1. The molecule has 0 unspecified atom stereocenters. The molecule has 2 aromatic carbocycles. The van der Waals surface area contributed by atoms with Crippen molar-refractivity contribution in [3.63, 3.8) is 0 Å². The molecular formula is C15H15Br2N5O3S. The molecule has 0 spiro atoms. The third-order valence-electron chi connectivity index (χ3n) is 3.18. The van der Waals surface area contributed by atoms with E-state index in [-0.39, 0.29) is 16.5 Å². The van der Waals surface area contributed by atoms with Crippen LogP contribution in [-0.2, 0) is 10.0 Å². The maximum atomic E-state index is 12.2. The molecule has 0 heterocycles. The summed E-state index contributed by atoms with van der Waals surface area (Å²) in [5.74, 6) is 5.14. The summed E-state index contributed by atoms with van der Waals surface area (Å²) in [5.41, 5.74) is 6.14. The third-order valence-corrected chi connectivity index (χ3v) is 5.86. The summed E-state index contributed by atoms with van der Waals surface area (Å²) in [7, 11) is -3.95. The number of phenols is 1. The van der Waals surface area contributed by atoms with E-state index >= 15 is 0 Å². The molecule has 0 fully saturated rings. The van der Waals surface area contributed by atoms with E-state index in [4.69, 9.17) is 17.0 Å². The highest BCUT2D eigenvalue weighted by Gasteiger charge is 2.21. The quantitative estimate of drug-likeness (QED) is 0.206. The first kappa shape index (κ1) is 20.5. The highest BCUT2D eigenvalue weighted by Crippen LogP contribution is 2.31. The van der Waals surface area contributed by atoms with Gasteiger partial charge in [0, 0.05) is 16.3 Å². The first-order chi connectivity index (χ1) is 12.1. The summed E-state index contributed by atoms with van der Waals surface area (Å²) in [6.45, 7) is -0.403. The van der Waals surface area contributed by atoms with Crippen molar-refractivity contribution < 1.29 is 13.5 Å². The maximum absolute atomic E-state index is 12.2. The van der Waals surface area contributed by atoms with Crippen LogP contribution in [0.1, 0.15) is 5.56 Å². The average Bonchev–Trinajstić information content (AvgIpc) is 2.56. The molecule has 11 heteroatoms. The first-order valence-corrected chi connectivity index (χ1v) is 10.1. The largest absolute Gasteiger partial charge is 0.506 e. The number of hydrogen-bond donors (Lipinski definition) is 4. The lowest BCUT2D eigenvalue weighted by Gasteiger charge is -2.15. The Morgan fingerprint density at radius 1 is 1.27 bits per heavy atom. The van der Waals surface area contributed by atoms with Crippen molar-refractivity contribution in [1.29, 1.82) is 5.41 Å². The van der Waals surface area contributed by atoms with Gasteiger partial charge in [-0.2, -0.15) is 0 Å². The lowest BCUT2D eigenvalue weighted by atomic mass is 10.2. The molecule has 0 aliphatic rings. The van der Waals surface area contributed by atoms with Crippen LogP contribution in [0, 0.1) is 5.41 Å². The molecular weight excluding hydrogens is 490 g/mol. The van der Waals surface area contributed by atoms with Crippen molar-refractivity contribution in [2.45, 2.75) is 4.90 Å². The number of rotatable bonds is 6. The zero-order valence-corrected chi connectivity index (χ0v) is 17.2. The Morgan fingerprint density at radius 2 is 1.88 bits per heavy atom. The molecule has 0 saturated heterocycles. The number of phenolic OH excluding ortho intramolecular Hbond substituents is 1. The van der Waals surface area contributed by atoms with Crippen LogP contribution in [-0.4, -0.2) is 36.5 Å². The number of nitrogens with one attached hydrogen (secondary N) is 1. The summed E-state index contributed by atoms with van der Waals surface area (Å²) >= 11 is 6.56. The van der Waals surface area contributed by atoms with Gasteiger partial charge >= 0.3 is 0 Å². The van der Waals surface area contributed by atoms with Gasteiger partial charge in [-0.25, -0.2) is 8.42 Å². The molecule has 0 saturated carbocycles. The number of nitrogens with zero attached hydrogens (tertiary/aromatic N) is 2. The lowest BCUT2D eigenvalue weighted by Crippen LogP contribution is -2.42. The molecule has 8 nitrogen and oxygen atoms in total. The van der Waals surface area contributed by atoms with Crippen LogP contribution < -0.4 is 11.6 Å². The monoisotopic (exact) mass is 503 g/mol. The van der Waals surface area contributed by atoms with Gasteiger partial charge in [-0.15, -0.1) is 4.41 Å². The van der Waals surface area contributed by atoms with Crippen LogP contribution in [0.4, 0.5) is 5.69 Å². The van der Waals surface area contributed by atoms with E-state index in [1.165, 1.54) is 30.5 Å². The summed E-state index contributed by atoms with van der Waals surface area (Å²) in [5, 5.41) is 17.1. The first-order valence-electron chi connectivity index (χ1n) is 7.03. The Bertz CT molecular complexity index is 962. The number of aliphatic imine (C=N–C) groups is 1. The number of hydrogen-bond acceptors (Lipinski definition) is 6. The van der Waals surface area contributed by atoms with Gasteiger partial charge in [-0.3, -0.25) is 16.2 Å². The van der Waals surface area contributed by atoms with Crippen molar-refractivity contribution in [2.75, 3.05) is 6.54 Å². The number of sulfonamides is 1. The van der Waals surface area contributed by atoms with E-state index in [2.05, 4.69) is 36.9 Å². The predicted octanol–water partition coefficient (Wildman–Crippen LogP) is 2.47. The highest BCUT2D eigenvalue weighted by atomic mass is 79.9. The average molecular weight is 505 g/mol. The number of nitrogens with two attached hydrogens (primary N) is 2. The second-order valence-electron chi connectivity index (χ2n) is 5.15. The van der Waals surface area contributed by atoms with Gasteiger partial charge in [0.2, 0.25) is 0 Å². The number of halogens is 2. The molecule has 2 aromatic rings. The minimum Gasteiger partial charge on any atom is -0.506 e. The molecule has 138 valence electrons. The number of hydrazine groups is 1. The van der Waals surface area contributed by atoms with Gasteiger partial charge in [0.15, 0.2) is 0 Å². The molecule has 0 aliphatic carbocycles. The normalized spacial score (nSPS) is 12.0. The lowest BCUT2D eigenvalue weighted by molar-refractivity contribution is 0.465. The van der Waals surface area contributed by atoms with Gasteiger partial charge in [-0.1, -0.05) is 15.9 Å². The summed E-state index contributed by atoms with van der Waals surface area (Å²) in [6, 6.07) is 9.07. The Labute approximate surface area is 167 Å². The van der Waals surface area contributed by atoms with Crippen LogP contribution in [0.25, 0.3) is 0 Å². The Balaban J connectivity index is 2.24. The van der Waals surface area contributed by atoms with Crippen molar-refractivity contribution in [2.24, 2.45) is 16.6 Å². The molecule has 26 heavy (non-hydrogen) atoms. The van der Waals surface area contributed by atoms with Crippen LogP contribution in [0.5, 0.6) is 5.75 Å². The van der Waals surface area contributed by atoms with E-state index < -0.39 is 16.6 Å². The minimum atomic E-state index is -3.95. The topological polar surface area (TPSA) is 146 Å². The molecule has 0 aromatic heterocycles. The zero-order chi connectivity index (χ0) is 19.5. The van der Waals surface area contributed by atoms with E-state index in [0.717, 1.165) is 4.47 Å². The smallest absolute Gasteiger partial charge is 0.256 e. The van der Waals surface area contributed by atoms with E-state index in [1.807, 2.05) is 0 Å². The molecule has 6 N–H and O–H groups in total. The van der Waals surface area contributed by atoms with E-state index in [9.17, 15) is 13.5 Å². The molecule has 0 radical (unpaired) electrons. The van der Waals surface area contributed by atoms with E-state index in [1.54, 1.807) is 12.1 Å². The second-order valence-corrected chi connectivity index (χ2v) is 8.81. The fourth-order valence-electron chi connectivity index (χ4n) is 1.92. The number of aromatic hydroxyl groups is 1. The predicted molar refractivity (Wildman–Crippen MR) is 107 cm³/mol. The van der Waals surface area contributed by atoms with Crippen LogP contribution in [0.2, 0.25) is 0 Å². The SMILES string of the molecule is N=C(N)CN(N)S(=O)(=O)c1ccc(N=Cc2cc(Br)cc(Br)c2O)cc1. The molecule has 0 aliphatic heterocycles. The third kappa shape index (κ3) is 4.89. The standard InChI is InChI=1S/C15H15Br2N5O3S/c16-10-5-9(15(23)13(17)6-10)7-21-11-1-3-12(4-2-11)26(24,25)22(20)8-14(18)19/h1-7,23H,8,20H2,(H3,18,19). The van der Waals surface area contributed by atoms with Gasteiger partial charge in [0.1, 0.15) is 11.6 Å². The van der Waals surface area contributed by atoms with Crippen LogP contribution in [0.3, 0.4) is 0 Å². The maximum Gasteiger partial charge on any atom is 0.256 e. The Hall–Kier alpha value is -1.79. The van der Waals surface area contributed by atoms with Crippen LogP contribution in [0.15, 0.2) is 55.2 Å². The van der Waals surface area contributed by atoms with Crippen molar-refractivity contribution in [1.82, 2.24) is 4.41 Å². The Kier molecular flexibility index (Phi) is 6.53. The second kappa shape index (κ2) is 8.27. The molecule has 0 bridgehead atoms. The summed E-state index contributed by atoms with van der Waals surface area (Å²) < 4.78 is 26.3. The van der Waals surface area contributed by atoms with Crippen molar-refractivity contribution in [3.8, 4) is 5.75 Å². The Morgan fingerprint density at radius 3 is 2.46 bits per heavy atom. The van der Waals surface area contributed by atoms with Gasteiger partial charge in [0.05, 0.1) is 21.6 Å². The molecule has 2 rings (SSSR count). The highest BCUT2D eigenvalue weighted by molar-refractivity contribution is 9.11. The summed E-state index contributed by atoms with van der Waals surface area (Å²) in [4.78, 5) is 4.17. The number of benzene rings is 2.